The van der Waals surface area contributed by atoms with Crippen LogP contribution < -0.4 is 13.8 Å². The second-order valence-electron chi connectivity index (χ2n) is 6.40. The summed E-state index contributed by atoms with van der Waals surface area (Å²) in [4.78, 5) is 3.11. The summed E-state index contributed by atoms with van der Waals surface area (Å²) >= 11 is 0.792. The second-order valence-corrected chi connectivity index (χ2v) is 8.96. The SMILES string of the molecule is COCN(c1nc(C)ns1)S(=O)(=O)c1cc(F)c(Oc2cc(C)cc(OC)c2)cc1F. The number of rotatable bonds is 8. The zero-order chi connectivity index (χ0) is 22.8. The number of aryl methyl sites for hydroxylation is 2. The lowest BCUT2D eigenvalue weighted by molar-refractivity contribution is 0.209. The molecule has 0 bridgehead atoms. The standard InChI is InChI=1S/C19H19F2N3O5S2/c1-11-5-13(28-4)7-14(6-11)29-17-8-16(21)18(9-15(17)20)31(25,26)24(10-27-3)19-22-12(2)23-30-19/h5-9H,10H2,1-4H3. The van der Waals surface area contributed by atoms with Crippen molar-refractivity contribution in [2.45, 2.75) is 18.7 Å². The quantitative estimate of drug-likeness (QED) is 0.458. The first kappa shape index (κ1) is 22.8. The summed E-state index contributed by atoms with van der Waals surface area (Å²) in [5, 5.41) is -0.0358. The largest absolute Gasteiger partial charge is 0.497 e. The molecular formula is C19H19F2N3O5S2. The number of anilines is 1. The molecule has 0 aliphatic rings. The summed E-state index contributed by atoms with van der Waals surface area (Å²) < 4.78 is 75.7. The predicted octanol–water partition coefficient (Wildman–Crippen LogP) is 4.03. The Morgan fingerprint density at radius 1 is 1.03 bits per heavy atom. The van der Waals surface area contributed by atoms with Crippen LogP contribution in [-0.2, 0) is 14.8 Å². The minimum absolute atomic E-state index is 0.0358. The van der Waals surface area contributed by atoms with Gasteiger partial charge in [-0.05, 0) is 31.5 Å². The van der Waals surface area contributed by atoms with Crippen LogP contribution in [0.25, 0.3) is 0 Å². The van der Waals surface area contributed by atoms with E-state index in [-0.39, 0.29) is 10.9 Å². The zero-order valence-corrected chi connectivity index (χ0v) is 18.7. The molecule has 166 valence electrons. The van der Waals surface area contributed by atoms with Gasteiger partial charge in [-0.1, -0.05) is 0 Å². The van der Waals surface area contributed by atoms with Gasteiger partial charge < -0.3 is 14.2 Å². The highest BCUT2D eigenvalue weighted by Crippen LogP contribution is 2.33. The van der Waals surface area contributed by atoms with Crippen molar-refractivity contribution in [2.75, 3.05) is 25.3 Å². The average molecular weight is 472 g/mol. The van der Waals surface area contributed by atoms with Crippen molar-refractivity contribution in [3.63, 3.8) is 0 Å². The van der Waals surface area contributed by atoms with Crippen molar-refractivity contribution in [1.82, 2.24) is 9.36 Å². The summed E-state index contributed by atoms with van der Waals surface area (Å²) in [6.45, 7) is 2.89. The van der Waals surface area contributed by atoms with E-state index in [4.69, 9.17) is 14.2 Å². The number of nitrogens with zero attached hydrogens (tertiary/aromatic N) is 3. The molecule has 31 heavy (non-hydrogen) atoms. The van der Waals surface area contributed by atoms with Crippen molar-refractivity contribution in [3.8, 4) is 17.2 Å². The highest BCUT2D eigenvalue weighted by Gasteiger charge is 2.32. The highest BCUT2D eigenvalue weighted by molar-refractivity contribution is 7.93. The lowest BCUT2D eigenvalue weighted by atomic mass is 10.2. The number of hydrogen-bond donors (Lipinski definition) is 0. The van der Waals surface area contributed by atoms with Crippen molar-refractivity contribution in [1.29, 1.82) is 0 Å². The molecule has 0 saturated carbocycles. The molecule has 0 atom stereocenters. The van der Waals surface area contributed by atoms with Gasteiger partial charge in [-0.3, -0.25) is 0 Å². The lowest BCUT2D eigenvalue weighted by Gasteiger charge is -2.21. The fourth-order valence-corrected chi connectivity index (χ4v) is 4.91. The molecule has 1 aromatic heterocycles. The van der Waals surface area contributed by atoms with E-state index < -0.39 is 39.0 Å². The fraction of sp³-hybridized carbons (Fsp3) is 0.263. The number of sulfonamides is 1. The minimum atomic E-state index is -4.54. The van der Waals surface area contributed by atoms with E-state index in [1.54, 1.807) is 26.0 Å². The minimum Gasteiger partial charge on any atom is -0.497 e. The summed E-state index contributed by atoms with van der Waals surface area (Å²) in [6.07, 6.45) is 0. The highest BCUT2D eigenvalue weighted by atomic mass is 32.2. The van der Waals surface area contributed by atoms with E-state index in [0.717, 1.165) is 17.1 Å². The molecule has 2 aromatic carbocycles. The molecule has 0 unspecified atom stereocenters. The Bertz CT molecular complexity index is 1200. The summed E-state index contributed by atoms with van der Waals surface area (Å²) in [5.41, 5.74) is 0.775. The van der Waals surface area contributed by atoms with Gasteiger partial charge in [0.25, 0.3) is 10.0 Å². The summed E-state index contributed by atoms with van der Waals surface area (Å²) in [6, 6.07) is 6.06. The van der Waals surface area contributed by atoms with Crippen molar-refractivity contribution >= 4 is 26.7 Å². The van der Waals surface area contributed by atoms with Crippen LogP contribution in [0.2, 0.25) is 0 Å². The van der Waals surface area contributed by atoms with Crippen LogP contribution in [0.15, 0.2) is 35.2 Å². The molecule has 8 nitrogen and oxygen atoms in total. The number of methoxy groups -OCH3 is 2. The van der Waals surface area contributed by atoms with Crippen LogP contribution in [0, 0.1) is 25.5 Å². The Hall–Kier alpha value is -2.83. The maximum atomic E-state index is 14.8. The Kier molecular flexibility index (Phi) is 6.72. The van der Waals surface area contributed by atoms with Gasteiger partial charge in [0, 0.05) is 36.8 Å². The maximum absolute atomic E-state index is 14.8. The van der Waals surface area contributed by atoms with E-state index in [1.165, 1.54) is 20.3 Å². The lowest BCUT2D eigenvalue weighted by Crippen LogP contribution is -2.33. The van der Waals surface area contributed by atoms with Crippen LogP contribution in [0.3, 0.4) is 0 Å². The van der Waals surface area contributed by atoms with Gasteiger partial charge >= 0.3 is 0 Å². The Morgan fingerprint density at radius 2 is 1.74 bits per heavy atom. The smallest absolute Gasteiger partial charge is 0.271 e. The van der Waals surface area contributed by atoms with E-state index in [9.17, 15) is 17.2 Å². The Balaban J connectivity index is 1.99. The number of benzene rings is 2. The second kappa shape index (κ2) is 9.12. The van der Waals surface area contributed by atoms with E-state index in [1.807, 2.05) is 0 Å². The normalized spacial score (nSPS) is 11.4. The molecule has 3 rings (SSSR count). The van der Waals surface area contributed by atoms with Gasteiger partial charge in [0.05, 0.1) is 7.11 Å². The van der Waals surface area contributed by atoms with E-state index >= 15 is 0 Å². The first-order chi connectivity index (χ1) is 14.6. The van der Waals surface area contributed by atoms with Crippen LogP contribution in [-0.4, -0.2) is 38.7 Å². The molecule has 0 spiro atoms. The molecule has 0 amide bonds. The Morgan fingerprint density at radius 3 is 2.35 bits per heavy atom. The molecule has 0 saturated heterocycles. The predicted molar refractivity (Wildman–Crippen MR) is 110 cm³/mol. The molecule has 1 heterocycles. The average Bonchev–Trinajstić information content (AvgIpc) is 3.13. The van der Waals surface area contributed by atoms with Gasteiger partial charge in [0.1, 0.15) is 34.8 Å². The number of aromatic nitrogens is 2. The van der Waals surface area contributed by atoms with Gasteiger partial charge in [-0.25, -0.2) is 26.5 Å². The van der Waals surface area contributed by atoms with Gasteiger partial charge in [0.2, 0.25) is 5.13 Å². The third-order valence-electron chi connectivity index (χ3n) is 4.02. The molecule has 0 radical (unpaired) electrons. The third kappa shape index (κ3) is 4.92. The maximum Gasteiger partial charge on any atom is 0.271 e. The van der Waals surface area contributed by atoms with Crippen molar-refractivity contribution in [2.24, 2.45) is 0 Å². The molecule has 0 aliphatic carbocycles. The van der Waals surface area contributed by atoms with Crippen LogP contribution in [0.4, 0.5) is 13.9 Å². The van der Waals surface area contributed by atoms with Gasteiger partial charge in [0.15, 0.2) is 11.6 Å². The third-order valence-corrected chi connectivity index (χ3v) is 6.69. The van der Waals surface area contributed by atoms with Crippen LogP contribution in [0.5, 0.6) is 17.2 Å². The van der Waals surface area contributed by atoms with E-state index in [0.29, 0.717) is 28.0 Å². The Labute approximate surface area is 182 Å². The van der Waals surface area contributed by atoms with Crippen molar-refractivity contribution in [3.05, 3.63) is 53.4 Å². The van der Waals surface area contributed by atoms with Crippen LogP contribution in [0.1, 0.15) is 11.4 Å². The topological polar surface area (TPSA) is 90.9 Å². The fourth-order valence-electron chi connectivity index (χ4n) is 2.65. The number of hydrogen-bond acceptors (Lipinski definition) is 8. The molecule has 12 heteroatoms. The molecule has 0 N–H and O–H groups in total. The first-order valence-corrected chi connectivity index (χ1v) is 11.0. The zero-order valence-electron chi connectivity index (χ0n) is 17.0. The first-order valence-electron chi connectivity index (χ1n) is 8.80. The van der Waals surface area contributed by atoms with E-state index in [2.05, 4.69) is 9.36 Å². The van der Waals surface area contributed by atoms with Gasteiger partial charge in [-0.2, -0.15) is 4.37 Å². The van der Waals surface area contributed by atoms with Crippen molar-refractivity contribution < 1.29 is 31.4 Å². The molecular weight excluding hydrogens is 452 g/mol. The number of ether oxygens (including phenoxy) is 3. The van der Waals surface area contributed by atoms with Gasteiger partial charge in [-0.15, -0.1) is 0 Å². The molecule has 0 aliphatic heterocycles. The summed E-state index contributed by atoms with van der Waals surface area (Å²) in [5.74, 6) is -1.73. The monoisotopic (exact) mass is 471 g/mol. The number of halogens is 2. The molecule has 0 fully saturated rings. The van der Waals surface area contributed by atoms with Crippen LogP contribution >= 0.6 is 11.5 Å². The molecule has 3 aromatic rings. The summed E-state index contributed by atoms with van der Waals surface area (Å²) in [7, 11) is -1.81.